The zero-order chi connectivity index (χ0) is 15.7. The van der Waals surface area contributed by atoms with Gasteiger partial charge in [0.2, 0.25) is 5.91 Å². The number of amides is 1. The summed E-state index contributed by atoms with van der Waals surface area (Å²) in [5.74, 6) is -0.0689. The highest BCUT2D eigenvalue weighted by Gasteiger charge is 2.47. The van der Waals surface area contributed by atoms with Crippen LogP contribution in [0.15, 0.2) is 4.99 Å². The molecule has 2 rings (SSSR count). The SMILES string of the molecule is C=NC(C)(C(C)NC(C)=O)N1CC[C@@H](NC2(CF)CC2)C1. The average molecular weight is 298 g/mol. The summed E-state index contributed by atoms with van der Waals surface area (Å²) < 4.78 is 13.0. The van der Waals surface area contributed by atoms with Crippen molar-refractivity contribution in [1.82, 2.24) is 15.5 Å². The summed E-state index contributed by atoms with van der Waals surface area (Å²) in [6.07, 6.45) is 2.83. The second kappa shape index (κ2) is 6.01. The summed E-state index contributed by atoms with van der Waals surface area (Å²) >= 11 is 0. The van der Waals surface area contributed by atoms with Crippen LogP contribution in [0.4, 0.5) is 4.39 Å². The molecule has 1 saturated heterocycles. The average Bonchev–Trinajstić information content (AvgIpc) is 3.05. The maximum Gasteiger partial charge on any atom is 0.217 e. The lowest BCUT2D eigenvalue weighted by Crippen LogP contribution is -2.58. The summed E-state index contributed by atoms with van der Waals surface area (Å²) in [5.41, 5.74) is -0.795. The topological polar surface area (TPSA) is 56.7 Å². The standard InChI is InChI=1S/C15H27FN4O/c1-11(18-12(2)21)14(3,17-4)20-8-5-13(9-20)19-15(10-16)6-7-15/h11,13,19H,4-10H2,1-3H3,(H,18,21)/t11?,13-,14?/m1/s1. The van der Waals surface area contributed by atoms with Crippen LogP contribution in [0.25, 0.3) is 0 Å². The zero-order valence-electron chi connectivity index (χ0n) is 13.3. The Bertz CT molecular complexity index is 412. The normalized spacial score (nSPS) is 28.7. The fourth-order valence-electron chi connectivity index (χ4n) is 3.14. The number of likely N-dealkylation sites (tertiary alicyclic amines) is 1. The van der Waals surface area contributed by atoms with Crippen molar-refractivity contribution in [3.8, 4) is 0 Å². The van der Waals surface area contributed by atoms with Crippen LogP contribution in [0.2, 0.25) is 0 Å². The number of rotatable bonds is 7. The molecule has 2 fully saturated rings. The van der Waals surface area contributed by atoms with Gasteiger partial charge in [-0.05, 0) is 39.8 Å². The largest absolute Gasteiger partial charge is 0.350 e. The summed E-state index contributed by atoms with van der Waals surface area (Å²) in [4.78, 5) is 17.8. The molecular formula is C15H27FN4O. The predicted molar refractivity (Wildman–Crippen MR) is 82.3 cm³/mol. The van der Waals surface area contributed by atoms with Crippen molar-refractivity contribution in [2.45, 2.75) is 63.3 Å². The lowest BCUT2D eigenvalue weighted by molar-refractivity contribution is -0.120. The molecule has 2 aliphatic rings. The molecule has 1 aliphatic carbocycles. The van der Waals surface area contributed by atoms with Gasteiger partial charge < -0.3 is 10.6 Å². The fraction of sp³-hybridized carbons (Fsp3) is 0.867. The molecule has 21 heavy (non-hydrogen) atoms. The van der Waals surface area contributed by atoms with E-state index >= 15 is 0 Å². The molecule has 3 atom stereocenters. The first-order valence-corrected chi connectivity index (χ1v) is 7.69. The third-order valence-corrected chi connectivity index (χ3v) is 5.01. The van der Waals surface area contributed by atoms with Crippen molar-refractivity contribution < 1.29 is 9.18 Å². The van der Waals surface area contributed by atoms with E-state index in [1.165, 1.54) is 6.92 Å². The zero-order valence-corrected chi connectivity index (χ0v) is 13.3. The van der Waals surface area contributed by atoms with E-state index in [1.54, 1.807) is 0 Å². The highest BCUT2D eigenvalue weighted by molar-refractivity contribution is 5.73. The third-order valence-electron chi connectivity index (χ3n) is 5.01. The molecule has 0 bridgehead atoms. The Morgan fingerprint density at radius 2 is 2.29 bits per heavy atom. The first-order chi connectivity index (χ1) is 9.85. The third kappa shape index (κ3) is 3.43. The summed E-state index contributed by atoms with van der Waals surface area (Å²) in [7, 11) is 0. The van der Waals surface area contributed by atoms with Crippen LogP contribution in [0.5, 0.6) is 0 Å². The monoisotopic (exact) mass is 298 g/mol. The van der Waals surface area contributed by atoms with Gasteiger partial charge in [-0.15, -0.1) is 0 Å². The van der Waals surface area contributed by atoms with Crippen LogP contribution in [0, 0.1) is 0 Å². The number of alkyl halides is 1. The van der Waals surface area contributed by atoms with E-state index in [0.29, 0.717) is 0 Å². The second-order valence-corrected chi connectivity index (χ2v) is 6.66. The Labute approximate surface area is 126 Å². The summed E-state index contributed by atoms with van der Waals surface area (Å²) in [6, 6.07) is 0.163. The minimum atomic E-state index is -0.533. The van der Waals surface area contributed by atoms with Crippen molar-refractivity contribution in [3.63, 3.8) is 0 Å². The van der Waals surface area contributed by atoms with Gasteiger partial charge in [0.05, 0.1) is 6.04 Å². The van der Waals surface area contributed by atoms with Gasteiger partial charge in [-0.2, -0.15) is 0 Å². The van der Waals surface area contributed by atoms with E-state index in [0.717, 1.165) is 32.4 Å². The number of carbonyl (C=O) groups is 1. The van der Waals surface area contributed by atoms with E-state index in [2.05, 4.69) is 27.2 Å². The minimum absolute atomic E-state index is 0.0689. The van der Waals surface area contributed by atoms with E-state index < -0.39 is 5.66 Å². The number of nitrogens with zero attached hydrogens (tertiary/aromatic N) is 2. The number of carbonyl (C=O) groups excluding carboxylic acids is 1. The van der Waals surface area contributed by atoms with E-state index in [1.807, 2.05) is 13.8 Å². The highest BCUT2D eigenvalue weighted by atomic mass is 19.1. The molecule has 1 aliphatic heterocycles. The molecule has 6 heteroatoms. The summed E-state index contributed by atoms with van der Waals surface area (Å²) in [6.45, 7) is 10.5. The maximum absolute atomic E-state index is 13.0. The van der Waals surface area contributed by atoms with Crippen LogP contribution in [0.3, 0.4) is 0 Å². The Hall–Kier alpha value is -1.01. The number of halogens is 1. The molecule has 1 saturated carbocycles. The number of nitrogens with one attached hydrogen (secondary N) is 2. The quantitative estimate of drug-likeness (QED) is 0.692. The molecule has 1 heterocycles. The molecule has 5 nitrogen and oxygen atoms in total. The van der Waals surface area contributed by atoms with Crippen molar-refractivity contribution in [3.05, 3.63) is 0 Å². The van der Waals surface area contributed by atoms with Gasteiger partial charge in [-0.3, -0.25) is 14.7 Å². The first-order valence-electron chi connectivity index (χ1n) is 7.69. The molecule has 0 aromatic carbocycles. The van der Waals surface area contributed by atoms with Crippen LogP contribution in [-0.4, -0.2) is 60.6 Å². The highest BCUT2D eigenvalue weighted by Crippen LogP contribution is 2.37. The molecule has 1 amide bonds. The molecule has 2 N–H and O–H groups in total. The second-order valence-electron chi connectivity index (χ2n) is 6.66. The lowest BCUT2D eigenvalue weighted by atomic mass is 10.0. The molecular weight excluding hydrogens is 271 g/mol. The van der Waals surface area contributed by atoms with Crippen molar-refractivity contribution >= 4 is 12.6 Å². The van der Waals surface area contributed by atoms with E-state index in [-0.39, 0.29) is 30.2 Å². The van der Waals surface area contributed by atoms with Crippen LogP contribution < -0.4 is 10.6 Å². The van der Waals surface area contributed by atoms with Crippen molar-refractivity contribution in [2.75, 3.05) is 19.8 Å². The van der Waals surface area contributed by atoms with Crippen LogP contribution in [0.1, 0.15) is 40.0 Å². The number of aliphatic imine (C=N–C) groups is 1. The van der Waals surface area contributed by atoms with Gasteiger partial charge in [-0.25, -0.2) is 4.39 Å². The van der Waals surface area contributed by atoms with Gasteiger partial charge in [0.1, 0.15) is 12.3 Å². The molecule has 0 aromatic rings. The number of hydrogen-bond donors (Lipinski definition) is 2. The first kappa shape index (κ1) is 16.4. The van der Waals surface area contributed by atoms with Crippen LogP contribution in [-0.2, 0) is 4.79 Å². The van der Waals surface area contributed by atoms with Gasteiger partial charge in [0, 0.05) is 31.6 Å². The van der Waals surface area contributed by atoms with Crippen molar-refractivity contribution in [2.24, 2.45) is 4.99 Å². The van der Waals surface area contributed by atoms with Gasteiger partial charge in [0.15, 0.2) is 0 Å². The van der Waals surface area contributed by atoms with E-state index in [4.69, 9.17) is 0 Å². The summed E-state index contributed by atoms with van der Waals surface area (Å²) in [5, 5.41) is 6.36. The molecule has 0 radical (unpaired) electrons. The Morgan fingerprint density at radius 3 is 2.76 bits per heavy atom. The Morgan fingerprint density at radius 1 is 1.62 bits per heavy atom. The lowest BCUT2D eigenvalue weighted by Gasteiger charge is -2.40. The Balaban J connectivity index is 1.97. The molecule has 0 aromatic heterocycles. The fourth-order valence-corrected chi connectivity index (χ4v) is 3.14. The predicted octanol–water partition coefficient (Wildman–Crippen LogP) is 1.09. The molecule has 120 valence electrons. The number of hydrogen-bond acceptors (Lipinski definition) is 4. The van der Waals surface area contributed by atoms with Crippen molar-refractivity contribution in [1.29, 1.82) is 0 Å². The maximum atomic E-state index is 13.0. The Kier molecular flexibility index (Phi) is 4.68. The van der Waals surface area contributed by atoms with Gasteiger partial charge in [-0.1, -0.05) is 0 Å². The minimum Gasteiger partial charge on any atom is -0.350 e. The van der Waals surface area contributed by atoms with Crippen LogP contribution >= 0.6 is 0 Å². The van der Waals surface area contributed by atoms with Gasteiger partial charge >= 0.3 is 0 Å². The molecule has 0 spiro atoms. The van der Waals surface area contributed by atoms with E-state index in [9.17, 15) is 9.18 Å². The smallest absolute Gasteiger partial charge is 0.217 e. The molecule has 2 unspecified atom stereocenters. The van der Waals surface area contributed by atoms with Gasteiger partial charge in [0.25, 0.3) is 0 Å².